The molecule has 0 spiro atoms. The highest BCUT2D eigenvalue weighted by atomic mass is 19.1. The molecule has 0 unspecified atom stereocenters. The number of cyclic esters (lactones) is 1. The zero-order valence-corrected chi connectivity index (χ0v) is 20.6. The van der Waals surface area contributed by atoms with E-state index in [4.69, 9.17) is 14.5 Å². The number of ether oxygens (including phenoxy) is 2. The molecule has 1 N–H and O–H groups in total. The lowest BCUT2D eigenvalue weighted by Crippen LogP contribution is -2.44. The van der Waals surface area contributed by atoms with E-state index in [9.17, 15) is 19.1 Å². The van der Waals surface area contributed by atoms with E-state index in [2.05, 4.69) is 11.8 Å². The Bertz CT molecular complexity index is 1490. The predicted molar refractivity (Wildman–Crippen MR) is 130 cm³/mol. The first-order valence-electron chi connectivity index (χ1n) is 12.4. The summed E-state index contributed by atoms with van der Waals surface area (Å²) < 4.78 is 27.0. The van der Waals surface area contributed by atoms with Crippen LogP contribution in [0.4, 0.5) is 4.39 Å². The van der Waals surface area contributed by atoms with Crippen LogP contribution in [0.5, 0.6) is 0 Å². The highest BCUT2D eigenvalue weighted by Crippen LogP contribution is 2.43. The molecular formula is C27H28FN3O5. The fraction of sp³-hybridized carbons (Fsp3) is 0.444. The molecule has 6 rings (SSSR count). The lowest BCUT2D eigenvalue weighted by Gasteiger charge is -2.34. The molecule has 1 aromatic carbocycles. The number of benzene rings is 1. The van der Waals surface area contributed by atoms with Gasteiger partial charge in [-0.05, 0) is 43.5 Å². The van der Waals surface area contributed by atoms with Crippen molar-refractivity contribution < 1.29 is 23.8 Å². The number of carbonyl (C=O) groups is 1. The Morgan fingerprint density at radius 3 is 2.67 bits per heavy atom. The first-order valence-corrected chi connectivity index (χ1v) is 12.4. The van der Waals surface area contributed by atoms with Gasteiger partial charge in [0.2, 0.25) is 0 Å². The fourth-order valence-electron chi connectivity index (χ4n) is 5.86. The summed E-state index contributed by atoms with van der Waals surface area (Å²) in [7, 11) is 0. The standard InChI is InChI=1S/C27H28FN3O5/c1-4-27(34)19-10-22-24-17(12-31(22)25(32)18(19)13-36-26(27)33)23(15(3)30-5-7-35-8-6-30)16-9-14(2)20(28)11-21(16)29-24/h9-11,15,34H,4-8,12-13H2,1-3H3/t15-,27+/m1/s1. The molecule has 0 saturated carbocycles. The summed E-state index contributed by atoms with van der Waals surface area (Å²) in [6.45, 7) is 8.47. The molecule has 1 saturated heterocycles. The maximum absolute atomic E-state index is 14.7. The zero-order chi connectivity index (χ0) is 25.4. The van der Waals surface area contributed by atoms with Gasteiger partial charge in [0.15, 0.2) is 5.60 Å². The summed E-state index contributed by atoms with van der Waals surface area (Å²) in [5, 5.41) is 12.0. The van der Waals surface area contributed by atoms with Crippen molar-refractivity contribution in [2.24, 2.45) is 0 Å². The van der Waals surface area contributed by atoms with Crippen molar-refractivity contribution in [3.63, 3.8) is 0 Å². The van der Waals surface area contributed by atoms with Crippen molar-refractivity contribution in [1.82, 2.24) is 14.5 Å². The molecule has 2 atom stereocenters. The number of halogens is 1. The number of aromatic nitrogens is 2. The number of aliphatic hydroxyl groups is 1. The van der Waals surface area contributed by atoms with Crippen LogP contribution in [0.25, 0.3) is 22.3 Å². The van der Waals surface area contributed by atoms with E-state index < -0.39 is 11.6 Å². The molecule has 2 aromatic heterocycles. The second-order valence-electron chi connectivity index (χ2n) is 9.90. The van der Waals surface area contributed by atoms with Gasteiger partial charge in [-0.3, -0.25) is 9.69 Å². The van der Waals surface area contributed by atoms with Crippen LogP contribution in [0, 0.1) is 12.7 Å². The van der Waals surface area contributed by atoms with Crippen LogP contribution in [-0.4, -0.2) is 51.8 Å². The summed E-state index contributed by atoms with van der Waals surface area (Å²) >= 11 is 0. The van der Waals surface area contributed by atoms with Crippen molar-refractivity contribution in [1.29, 1.82) is 0 Å². The Balaban J connectivity index is 1.63. The summed E-state index contributed by atoms with van der Waals surface area (Å²) in [6.07, 6.45) is 0.0730. The SMILES string of the molecule is CC[C@@]1(O)C(=O)OCc2c1cc1n(c2=O)Cc2c-1nc1cc(F)c(C)cc1c2[C@@H](C)N1CCOCC1. The summed E-state index contributed by atoms with van der Waals surface area (Å²) in [5.74, 6) is -1.10. The molecule has 3 aliphatic heterocycles. The average Bonchev–Trinajstić information content (AvgIpc) is 3.24. The van der Waals surface area contributed by atoms with E-state index in [1.165, 1.54) is 6.07 Å². The van der Waals surface area contributed by atoms with E-state index in [-0.39, 0.29) is 41.6 Å². The van der Waals surface area contributed by atoms with Crippen LogP contribution in [0.3, 0.4) is 0 Å². The summed E-state index contributed by atoms with van der Waals surface area (Å²) in [4.78, 5) is 33.2. The third kappa shape index (κ3) is 3.19. The first kappa shape index (κ1) is 23.3. The Morgan fingerprint density at radius 1 is 1.19 bits per heavy atom. The van der Waals surface area contributed by atoms with Gasteiger partial charge in [-0.1, -0.05) is 6.92 Å². The molecule has 1 fully saturated rings. The van der Waals surface area contributed by atoms with Gasteiger partial charge in [-0.15, -0.1) is 0 Å². The maximum Gasteiger partial charge on any atom is 0.343 e. The molecule has 0 bridgehead atoms. The van der Waals surface area contributed by atoms with E-state index >= 15 is 0 Å². The number of rotatable bonds is 3. The first-order chi connectivity index (χ1) is 17.2. The number of fused-ring (bicyclic) bond motifs is 5. The Labute approximate surface area is 207 Å². The predicted octanol–water partition coefficient (Wildman–Crippen LogP) is 2.92. The van der Waals surface area contributed by atoms with Crippen molar-refractivity contribution in [3.8, 4) is 11.4 Å². The number of carbonyl (C=O) groups excluding carboxylic acids is 1. The van der Waals surface area contributed by atoms with Crippen molar-refractivity contribution in [2.75, 3.05) is 26.3 Å². The van der Waals surface area contributed by atoms with Gasteiger partial charge in [-0.25, -0.2) is 14.2 Å². The number of hydrogen-bond donors (Lipinski definition) is 1. The van der Waals surface area contributed by atoms with Gasteiger partial charge >= 0.3 is 5.97 Å². The van der Waals surface area contributed by atoms with Crippen LogP contribution in [0.1, 0.15) is 54.1 Å². The van der Waals surface area contributed by atoms with E-state index in [1.807, 2.05) is 6.07 Å². The third-order valence-electron chi connectivity index (χ3n) is 8.02. The molecule has 3 aliphatic rings. The molecular weight excluding hydrogens is 465 g/mol. The van der Waals surface area contributed by atoms with Crippen molar-refractivity contribution in [3.05, 3.63) is 62.2 Å². The molecule has 5 heterocycles. The minimum atomic E-state index is -1.89. The van der Waals surface area contributed by atoms with Gasteiger partial charge in [0.25, 0.3) is 5.56 Å². The number of nitrogens with zero attached hydrogens (tertiary/aromatic N) is 3. The fourth-order valence-corrected chi connectivity index (χ4v) is 5.86. The smallest absolute Gasteiger partial charge is 0.343 e. The van der Waals surface area contributed by atoms with Crippen molar-refractivity contribution in [2.45, 2.75) is 52.0 Å². The summed E-state index contributed by atoms with van der Waals surface area (Å²) in [6, 6.07) is 4.96. The minimum absolute atomic E-state index is 0.0184. The lowest BCUT2D eigenvalue weighted by atomic mass is 9.86. The quantitative estimate of drug-likeness (QED) is 0.439. The Kier molecular flexibility index (Phi) is 5.30. The molecule has 188 valence electrons. The Morgan fingerprint density at radius 2 is 1.94 bits per heavy atom. The van der Waals surface area contributed by atoms with Crippen LogP contribution < -0.4 is 5.56 Å². The number of hydrogen-bond acceptors (Lipinski definition) is 7. The van der Waals surface area contributed by atoms with Crippen molar-refractivity contribution >= 4 is 16.9 Å². The minimum Gasteiger partial charge on any atom is -0.458 e. The van der Waals surface area contributed by atoms with Crippen LogP contribution in [0.2, 0.25) is 0 Å². The van der Waals surface area contributed by atoms with Gasteiger partial charge in [-0.2, -0.15) is 0 Å². The molecule has 0 aliphatic carbocycles. The van der Waals surface area contributed by atoms with E-state index in [0.717, 1.165) is 29.6 Å². The largest absolute Gasteiger partial charge is 0.458 e. The highest BCUT2D eigenvalue weighted by molar-refractivity contribution is 5.90. The molecule has 0 radical (unpaired) electrons. The zero-order valence-electron chi connectivity index (χ0n) is 20.6. The van der Waals surface area contributed by atoms with Crippen LogP contribution in [0.15, 0.2) is 23.0 Å². The number of morpholine rings is 1. The molecule has 9 heteroatoms. The van der Waals surface area contributed by atoms with Gasteiger partial charge in [0.1, 0.15) is 12.4 Å². The molecule has 36 heavy (non-hydrogen) atoms. The molecule has 8 nitrogen and oxygen atoms in total. The molecule has 0 amide bonds. The lowest BCUT2D eigenvalue weighted by molar-refractivity contribution is -0.172. The third-order valence-corrected chi connectivity index (χ3v) is 8.02. The molecule has 3 aromatic rings. The second-order valence-corrected chi connectivity index (χ2v) is 9.90. The van der Waals surface area contributed by atoms with Crippen LogP contribution >= 0.6 is 0 Å². The summed E-state index contributed by atoms with van der Waals surface area (Å²) in [5.41, 5.74) is 2.41. The van der Waals surface area contributed by atoms with Gasteiger partial charge in [0.05, 0.1) is 42.2 Å². The number of pyridine rings is 2. The Hall–Kier alpha value is -3.14. The van der Waals surface area contributed by atoms with Gasteiger partial charge in [0, 0.05) is 41.7 Å². The second kappa shape index (κ2) is 8.19. The van der Waals surface area contributed by atoms with Crippen LogP contribution in [-0.2, 0) is 33.0 Å². The monoisotopic (exact) mass is 493 g/mol. The van der Waals surface area contributed by atoms with E-state index in [0.29, 0.717) is 42.2 Å². The highest BCUT2D eigenvalue weighted by Gasteiger charge is 2.45. The number of aryl methyl sites for hydroxylation is 1. The average molecular weight is 494 g/mol. The van der Waals surface area contributed by atoms with E-state index in [1.54, 1.807) is 24.5 Å². The van der Waals surface area contributed by atoms with Gasteiger partial charge < -0.3 is 19.1 Å². The normalized spacial score (nSPS) is 22.2. The topological polar surface area (TPSA) is 93.9 Å². The number of esters is 1. The maximum atomic E-state index is 14.7.